The van der Waals surface area contributed by atoms with E-state index < -0.39 is 18.2 Å². The minimum absolute atomic E-state index is 0.258. The van der Waals surface area contributed by atoms with Gasteiger partial charge in [0.05, 0.1) is 48.1 Å². The number of likely N-dealkylation sites (tertiary alicyclic amines) is 1. The number of aromatic amines is 2. The van der Waals surface area contributed by atoms with Gasteiger partial charge < -0.3 is 35.3 Å². The first-order valence-electron chi connectivity index (χ1n) is 17.3. The summed E-state index contributed by atoms with van der Waals surface area (Å²) in [6, 6.07) is 15.0. The molecular formula is C36H44N8O5S. The van der Waals surface area contributed by atoms with Crippen molar-refractivity contribution in [1.29, 1.82) is 0 Å². The number of hydroxylamine groups is 1. The number of nitrogens with two attached hydrogens (primary N) is 1. The number of rotatable bonds is 14. The molecule has 4 heterocycles. The third kappa shape index (κ3) is 7.12. The zero-order valence-corrected chi connectivity index (χ0v) is 29.1. The van der Waals surface area contributed by atoms with Crippen LogP contribution >= 0.6 is 11.3 Å². The molecule has 2 aliphatic rings. The van der Waals surface area contributed by atoms with Crippen molar-refractivity contribution in [2.75, 3.05) is 27.3 Å². The Labute approximate surface area is 293 Å². The number of carbonyl (C=O) groups is 2. The van der Waals surface area contributed by atoms with Gasteiger partial charge in [-0.05, 0) is 92.6 Å². The lowest BCUT2D eigenvalue weighted by Gasteiger charge is -2.25. The van der Waals surface area contributed by atoms with Crippen molar-refractivity contribution in [3.05, 3.63) is 60.3 Å². The second kappa shape index (κ2) is 14.9. The van der Waals surface area contributed by atoms with Crippen LogP contribution in [-0.2, 0) is 14.4 Å². The molecule has 264 valence electrons. The quantitative estimate of drug-likeness (QED) is 0.0660. The van der Waals surface area contributed by atoms with Gasteiger partial charge in [-0.1, -0.05) is 18.2 Å². The molecule has 0 bridgehead atoms. The fourth-order valence-electron chi connectivity index (χ4n) is 7.16. The summed E-state index contributed by atoms with van der Waals surface area (Å²) < 4.78 is 4.50. The van der Waals surface area contributed by atoms with E-state index in [1.807, 2.05) is 0 Å². The van der Waals surface area contributed by atoms with Gasteiger partial charge in [-0.25, -0.2) is 14.8 Å². The van der Waals surface area contributed by atoms with Gasteiger partial charge >= 0.3 is 6.09 Å². The molecule has 0 radical (unpaired) electrons. The van der Waals surface area contributed by atoms with Crippen LogP contribution in [0, 0.1) is 5.92 Å². The number of alkyl carbamates (subject to hydrolysis) is 1. The minimum atomic E-state index is -1.69. The van der Waals surface area contributed by atoms with E-state index in [0.717, 1.165) is 74.3 Å². The zero-order chi connectivity index (χ0) is 34.8. The first-order valence-corrected chi connectivity index (χ1v) is 18.1. The molecule has 7 rings (SSSR count). The summed E-state index contributed by atoms with van der Waals surface area (Å²) in [6.07, 6.45) is 6.01. The first kappa shape index (κ1) is 34.1. The molecule has 7 N–H and O–H groups in total. The van der Waals surface area contributed by atoms with Gasteiger partial charge in [0, 0.05) is 28.8 Å². The molecule has 1 unspecified atom stereocenters. The number of aliphatic hydroxyl groups is 1. The fourth-order valence-corrected chi connectivity index (χ4v) is 8.13. The van der Waals surface area contributed by atoms with Gasteiger partial charge in [-0.15, -0.1) is 11.3 Å². The van der Waals surface area contributed by atoms with Crippen molar-refractivity contribution < 1.29 is 24.3 Å². The number of aliphatic hydroxyl groups excluding tert-OH is 1. The Hall–Kier alpha value is -4.34. The number of fused-ring (bicyclic) bond motifs is 3. The minimum Gasteiger partial charge on any atom is -0.453 e. The van der Waals surface area contributed by atoms with E-state index >= 15 is 0 Å². The monoisotopic (exact) mass is 700 g/mol. The Bertz CT molecular complexity index is 1970. The number of nitrogens with zero attached hydrogens (tertiary/aromatic N) is 3. The average Bonchev–Trinajstić information content (AvgIpc) is 3.56. The smallest absolute Gasteiger partial charge is 0.409 e. The van der Waals surface area contributed by atoms with Gasteiger partial charge in [0.1, 0.15) is 11.6 Å². The second-order valence-corrected chi connectivity index (χ2v) is 14.3. The summed E-state index contributed by atoms with van der Waals surface area (Å²) >= 11 is 1.66. The molecule has 1 saturated heterocycles. The lowest BCUT2D eigenvalue weighted by molar-refractivity contribution is -0.142. The lowest BCUT2D eigenvalue weighted by atomic mass is 9.92. The van der Waals surface area contributed by atoms with Crippen molar-refractivity contribution >= 4 is 45.1 Å². The topological polar surface area (TPSA) is 184 Å². The maximum atomic E-state index is 12.9. The fraction of sp³-hybridized carbons (Fsp3) is 0.444. The van der Waals surface area contributed by atoms with E-state index in [9.17, 15) is 14.7 Å². The number of nitrogens with one attached hydrogen (secondary N) is 4. The molecule has 0 spiro atoms. The van der Waals surface area contributed by atoms with Gasteiger partial charge in [0.25, 0.3) is 5.91 Å². The predicted molar refractivity (Wildman–Crippen MR) is 192 cm³/mol. The molecule has 4 atom stereocenters. The van der Waals surface area contributed by atoms with Gasteiger partial charge in [-0.2, -0.15) is 5.48 Å². The summed E-state index contributed by atoms with van der Waals surface area (Å²) in [5.74, 6) is 1.96. The number of carbonyl (C=O) groups excluding carboxylic acids is 2. The molecule has 1 aliphatic heterocycles. The van der Waals surface area contributed by atoms with Crippen LogP contribution in [0.3, 0.4) is 0 Å². The van der Waals surface area contributed by atoms with Crippen LogP contribution in [0.5, 0.6) is 0 Å². The van der Waals surface area contributed by atoms with Crippen LogP contribution in [-0.4, -0.2) is 81.5 Å². The van der Waals surface area contributed by atoms with E-state index in [0.29, 0.717) is 37.3 Å². The molecule has 5 aromatic rings. The highest BCUT2D eigenvalue weighted by atomic mass is 32.1. The standard InChI is InChI=1S/C36H44N8O5S/c1-48-36(47)42-34(45)35(46)44-16-4-6-28(44)33-38-19-27(40-33)30-14-13-29(50-30)22-9-11-24-21(17-22)10-12-25-31(24)41-32(39-25)23(5-3-15-37)18-26(43-49-2)20-7-8-20/h9-14,17,19-20,23,26,28,34,43,45H,3-8,15-16,18,37H2,1-2H3,(H,38,40)(H,39,41)(H,42,47)/t23?,26-,28+,34+/m1/s1. The maximum Gasteiger partial charge on any atom is 0.409 e. The van der Waals surface area contributed by atoms with Crippen molar-refractivity contribution in [3.8, 4) is 21.0 Å². The Morgan fingerprint density at radius 2 is 1.96 bits per heavy atom. The van der Waals surface area contributed by atoms with Crippen LogP contribution in [0.25, 0.3) is 42.8 Å². The zero-order valence-electron chi connectivity index (χ0n) is 28.3. The number of ether oxygens (including phenoxy) is 1. The summed E-state index contributed by atoms with van der Waals surface area (Å²) in [5.41, 5.74) is 13.1. The number of hydrogen-bond donors (Lipinski definition) is 6. The summed E-state index contributed by atoms with van der Waals surface area (Å²) in [6.45, 7) is 1.11. The summed E-state index contributed by atoms with van der Waals surface area (Å²) in [5, 5.41) is 14.6. The maximum absolute atomic E-state index is 12.9. The first-order chi connectivity index (χ1) is 24.4. The SMILES string of the molecule is CON[C@H](CC(CCCN)c1nc2c(ccc3cc(-c4ccc(-c5cnc([C@@H]6CCCN6C(=O)[C@H](O)NC(=O)OC)[nH]5)s4)ccc32)[nH]1)C1CC1. The molecule has 14 heteroatoms. The number of H-pyrrole nitrogens is 2. The van der Waals surface area contributed by atoms with E-state index in [-0.39, 0.29) is 12.0 Å². The van der Waals surface area contributed by atoms with Crippen molar-refractivity contribution in [3.63, 3.8) is 0 Å². The van der Waals surface area contributed by atoms with Gasteiger partial charge in [0.15, 0.2) is 0 Å². The van der Waals surface area contributed by atoms with Crippen molar-refractivity contribution in [1.82, 2.24) is 35.6 Å². The molecule has 1 aliphatic carbocycles. The summed E-state index contributed by atoms with van der Waals surface area (Å²) in [4.78, 5) is 50.2. The van der Waals surface area contributed by atoms with Crippen LogP contribution in [0.4, 0.5) is 4.79 Å². The average molecular weight is 701 g/mol. The van der Waals surface area contributed by atoms with E-state index in [1.165, 1.54) is 20.0 Å². The van der Waals surface area contributed by atoms with Gasteiger partial charge in [-0.3, -0.25) is 10.1 Å². The molecule has 50 heavy (non-hydrogen) atoms. The Balaban J connectivity index is 1.09. The molecular weight excluding hydrogens is 657 g/mol. The molecule has 2 aromatic carbocycles. The highest BCUT2D eigenvalue weighted by molar-refractivity contribution is 7.18. The third-order valence-electron chi connectivity index (χ3n) is 9.91. The van der Waals surface area contributed by atoms with Crippen LogP contribution < -0.4 is 16.5 Å². The summed E-state index contributed by atoms with van der Waals surface area (Å²) in [7, 11) is 2.86. The van der Waals surface area contributed by atoms with Crippen LogP contribution in [0.15, 0.2) is 48.7 Å². The molecule has 2 amide bonds. The second-order valence-electron chi connectivity index (χ2n) is 13.2. The lowest BCUT2D eigenvalue weighted by Crippen LogP contribution is -2.48. The molecule has 13 nitrogen and oxygen atoms in total. The molecule has 3 aromatic heterocycles. The predicted octanol–water partition coefficient (Wildman–Crippen LogP) is 5.31. The largest absolute Gasteiger partial charge is 0.453 e. The van der Waals surface area contributed by atoms with E-state index in [4.69, 9.17) is 15.6 Å². The number of benzene rings is 2. The molecule has 1 saturated carbocycles. The number of aromatic nitrogens is 4. The van der Waals surface area contributed by atoms with E-state index in [2.05, 4.69) is 73.0 Å². The molecule has 2 fully saturated rings. The number of hydrogen-bond acceptors (Lipinski definition) is 10. The van der Waals surface area contributed by atoms with Crippen LogP contribution in [0.1, 0.15) is 68.6 Å². The number of amides is 2. The Morgan fingerprint density at radius 1 is 1.12 bits per heavy atom. The van der Waals surface area contributed by atoms with Crippen molar-refractivity contribution in [2.45, 2.75) is 69.2 Å². The number of imidazole rings is 2. The van der Waals surface area contributed by atoms with Crippen LogP contribution in [0.2, 0.25) is 0 Å². The Morgan fingerprint density at radius 3 is 2.74 bits per heavy atom. The number of thiophene rings is 1. The highest BCUT2D eigenvalue weighted by Crippen LogP contribution is 2.40. The van der Waals surface area contributed by atoms with Gasteiger partial charge in [0.2, 0.25) is 6.23 Å². The van der Waals surface area contributed by atoms with E-state index in [1.54, 1.807) is 29.5 Å². The normalized spacial score (nSPS) is 18.1. The third-order valence-corrected chi connectivity index (χ3v) is 11.1. The number of methoxy groups -OCH3 is 1. The van der Waals surface area contributed by atoms with Crippen molar-refractivity contribution in [2.24, 2.45) is 11.7 Å². The Kier molecular flexibility index (Phi) is 10.1. The highest BCUT2D eigenvalue weighted by Gasteiger charge is 2.36.